The molecule has 0 spiro atoms. The number of imidazole rings is 1. The highest BCUT2D eigenvalue weighted by Crippen LogP contribution is 2.38. The molecule has 0 bridgehead atoms. The second-order valence-corrected chi connectivity index (χ2v) is 6.31. The number of nitrogens with zero attached hydrogens (tertiary/aromatic N) is 4. The van der Waals surface area contributed by atoms with Crippen LogP contribution in [0.15, 0.2) is 29.5 Å². The summed E-state index contributed by atoms with van der Waals surface area (Å²) in [4.78, 5) is 33.2. The predicted molar refractivity (Wildman–Crippen MR) is 83.1 cm³/mol. The van der Waals surface area contributed by atoms with Crippen molar-refractivity contribution in [1.82, 2.24) is 24.6 Å². The Morgan fingerprint density at radius 2 is 2.17 bits per heavy atom. The monoisotopic (exact) mass is 313 g/mol. The lowest BCUT2D eigenvalue weighted by Crippen LogP contribution is -2.40. The van der Waals surface area contributed by atoms with E-state index in [0.717, 1.165) is 31.4 Å². The molecule has 1 unspecified atom stereocenters. The third-order valence-electron chi connectivity index (χ3n) is 4.63. The number of aromatic amines is 1. The summed E-state index contributed by atoms with van der Waals surface area (Å²) in [6.07, 6.45) is 7.18. The summed E-state index contributed by atoms with van der Waals surface area (Å²) >= 11 is 0. The van der Waals surface area contributed by atoms with Crippen LogP contribution in [0.25, 0.3) is 0 Å². The molecule has 2 aromatic rings. The van der Waals surface area contributed by atoms with Crippen LogP contribution in [0, 0.1) is 0 Å². The molecule has 2 aromatic heterocycles. The number of likely N-dealkylation sites (tertiary alicyclic amines) is 1. The number of H-pyrrole nitrogens is 1. The first kappa shape index (κ1) is 14.2. The first-order valence-corrected chi connectivity index (χ1v) is 8.10. The Hall–Kier alpha value is -2.44. The molecule has 1 aliphatic carbocycles. The fourth-order valence-corrected chi connectivity index (χ4v) is 3.21. The van der Waals surface area contributed by atoms with Crippen molar-refractivity contribution >= 4 is 5.91 Å². The number of carbonyl (C=O) groups excluding carboxylic acids is 1. The number of hydrogen-bond acceptors (Lipinski definition) is 4. The van der Waals surface area contributed by atoms with Gasteiger partial charge in [-0.2, -0.15) is 5.10 Å². The largest absolute Gasteiger partial charge is 0.341 e. The van der Waals surface area contributed by atoms with Gasteiger partial charge in [-0.25, -0.2) is 9.67 Å². The van der Waals surface area contributed by atoms with Gasteiger partial charge in [-0.15, -0.1) is 0 Å². The summed E-state index contributed by atoms with van der Waals surface area (Å²) < 4.78 is 1.52. The summed E-state index contributed by atoms with van der Waals surface area (Å²) in [6.45, 7) is 1.17. The topological polar surface area (TPSA) is 83.9 Å². The van der Waals surface area contributed by atoms with E-state index >= 15 is 0 Å². The van der Waals surface area contributed by atoms with Crippen LogP contribution in [0.4, 0.5) is 0 Å². The van der Waals surface area contributed by atoms with Crippen LogP contribution in [-0.2, 0) is 6.54 Å². The highest BCUT2D eigenvalue weighted by molar-refractivity contribution is 5.92. The summed E-state index contributed by atoms with van der Waals surface area (Å²) in [6, 6.07) is 3.43. The van der Waals surface area contributed by atoms with Gasteiger partial charge in [-0.3, -0.25) is 9.59 Å². The van der Waals surface area contributed by atoms with Crippen LogP contribution in [0.5, 0.6) is 0 Å². The van der Waals surface area contributed by atoms with Crippen LogP contribution >= 0.6 is 0 Å². The molecule has 23 heavy (non-hydrogen) atoms. The molecule has 7 heteroatoms. The van der Waals surface area contributed by atoms with E-state index in [1.165, 1.54) is 17.2 Å². The highest BCUT2D eigenvalue weighted by atomic mass is 16.2. The van der Waals surface area contributed by atoms with Gasteiger partial charge in [0.1, 0.15) is 5.69 Å². The number of aromatic nitrogens is 4. The Labute approximate surface area is 133 Å². The van der Waals surface area contributed by atoms with Crippen LogP contribution in [0.3, 0.4) is 0 Å². The molecular weight excluding hydrogens is 294 g/mol. The maximum atomic E-state index is 12.5. The van der Waals surface area contributed by atoms with Gasteiger partial charge >= 0.3 is 0 Å². The Morgan fingerprint density at radius 3 is 2.91 bits per heavy atom. The molecule has 0 aromatic carbocycles. The van der Waals surface area contributed by atoms with E-state index in [9.17, 15) is 9.59 Å². The van der Waals surface area contributed by atoms with E-state index in [1.54, 1.807) is 6.07 Å². The highest BCUT2D eigenvalue weighted by Gasteiger charge is 2.31. The number of hydrogen-bond donors (Lipinski definition) is 1. The minimum atomic E-state index is -0.102. The lowest BCUT2D eigenvalue weighted by atomic mass is 10.2. The van der Waals surface area contributed by atoms with E-state index in [0.29, 0.717) is 24.7 Å². The standard InChI is InChI=1S/C16H19N5O2/c22-15-6-5-13(11-3-4-11)19-21(15)9-12-2-1-7-20(12)16(23)14-8-17-10-18-14/h5-6,8,10-12H,1-4,7,9H2,(H,17,18). The normalized spacial score (nSPS) is 20.9. The molecule has 7 nitrogen and oxygen atoms in total. The molecule has 0 radical (unpaired) electrons. The van der Waals surface area contributed by atoms with Crippen LogP contribution in [0.1, 0.15) is 47.8 Å². The Balaban J connectivity index is 1.54. The third kappa shape index (κ3) is 2.78. The van der Waals surface area contributed by atoms with Gasteiger partial charge in [0.15, 0.2) is 0 Å². The SMILES string of the molecule is O=C(c1cnc[nH]1)N1CCCC1Cn1nc(C2CC2)ccc1=O. The zero-order valence-electron chi connectivity index (χ0n) is 12.8. The molecule has 1 saturated heterocycles. The average molecular weight is 313 g/mol. The number of nitrogens with one attached hydrogen (secondary N) is 1. The molecule has 3 heterocycles. The van der Waals surface area contributed by atoms with Crippen molar-refractivity contribution in [2.45, 2.75) is 44.2 Å². The maximum absolute atomic E-state index is 12.5. The predicted octanol–water partition coefficient (Wildman–Crippen LogP) is 1.15. The molecule has 1 N–H and O–H groups in total. The van der Waals surface area contributed by atoms with E-state index in [2.05, 4.69) is 15.1 Å². The molecule has 1 aliphatic heterocycles. The molecular formula is C16H19N5O2. The van der Waals surface area contributed by atoms with Crippen molar-refractivity contribution in [3.05, 3.63) is 46.4 Å². The third-order valence-corrected chi connectivity index (χ3v) is 4.63. The van der Waals surface area contributed by atoms with Gasteiger partial charge in [-0.1, -0.05) is 0 Å². The second kappa shape index (κ2) is 5.64. The fourth-order valence-electron chi connectivity index (χ4n) is 3.21. The minimum absolute atomic E-state index is 0.00505. The van der Waals surface area contributed by atoms with Crippen LogP contribution < -0.4 is 5.56 Å². The Kier molecular flexibility index (Phi) is 3.48. The molecule has 1 amide bonds. The number of rotatable bonds is 4. The van der Waals surface area contributed by atoms with Gasteiger partial charge in [0.25, 0.3) is 11.5 Å². The first-order chi connectivity index (χ1) is 11.2. The Morgan fingerprint density at radius 1 is 1.30 bits per heavy atom. The van der Waals surface area contributed by atoms with Crippen molar-refractivity contribution in [2.75, 3.05) is 6.54 Å². The summed E-state index contributed by atoms with van der Waals surface area (Å²) in [5.74, 6) is 0.449. The summed E-state index contributed by atoms with van der Waals surface area (Å²) in [7, 11) is 0. The lowest BCUT2D eigenvalue weighted by Gasteiger charge is -2.24. The van der Waals surface area contributed by atoms with Crippen molar-refractivity contribution in [2.24, 2.45) is 0 Å². The minimum Gasteiger partial charge on any atom is -0.341 e. The van der Waals surface area contributed by atoms with Crippen LogP contribution in [-0.4, -0.2) is 43.1 Å². The van der Waals surface area contributed by atoms with Crippen molar-refractivity contribution in [3.8, 4) is 0 Å². The smallest absolute Gasteiger partial charge is 0.272 e. The molecule has 2 aliphatic rings. The average Bonchev–Trinajstić information content (AvgIpc) is 3.08. The van der Waals surface area contributed by atoms with Gasteiger partial charge < -0.3 is 9.88 Å². The van der Waals surface area contributed by atoms with Gasteiger partial charge in [0.05, 0.1) is 30.8 Å². The van der Waals surface area contributed by atoms with E-state index in [1.807, 2.05) is 11.0 Å². The Bertz CT molecular complexity index is 763. The molecule has 1 atom stereocenters. The quantitative estimate of drug-likeness (QED) is 0.917. The van der Waals surface area contributed by atoms with Crippen molar-refractivity contribution < 1.29 is 4.79 Å². The molecule has 1 saturated carbocycles. The zero-order chi connectivity index (χ0) is 15.8. The van der Waals surface area contributed by atoms with E-state index in [4.69, 9.17) is 0 Å². The van der Waals surface area contributed by atoms with Gasteiger partial charge in [-0.05, 0) is 31.7 Å². The molecule has 120 valence electrons. The summed E-state index contributed by atoms with van der Waals surface area (Å²) in [5, 5.41) is 4.50. The van der Waals surface area contributed by atoms with Gasteiger partial charge in [0.2, 0.25) is 0 Å². The zero-order valence-corrected chi connectivity index (χ0v) is 12.8. The number of carbonyl (C=O) groups is 1. The fraction of sp³-hybridized carbons (Fsp3) is 0.500. The first-order valence-electron chi connectivity index (χ1n) is 8.10. The maximum Gasteiger partial charge on any atom is 0.272 e. The van der Waals surface area contributed by atoms with Crippen molar-refractivity contribution in [3.63, 3.8) is 0 Å². The van der Waals surface area contributed by atoms with E-state index < -0.39 is 0 Å². The summed E-state index contributed by atoms with van der Waals surface area (Å²) in [5.41, 5.74) is 1.38. The van der Waals surface area contributed by atoms with Gasteiger partial charge in [0, 0.05) is 18.5 Å². The van der Waals surface area contributed by atoms with E-state index in [-0.39, 0.29) is 17.5 Å². The lowest BCUT2D eigenvalue weighted by molar-refractivity contribution is 0.0715. The molecule has 4 rings (SSSR count). The number of amides is 1. The van der Waals surface area contributed by atoms with Crippen molar-refractivity contribution in [1.29, 1.82) is 0 Å². The van der Waals surface area contributed by atoms with Crippen LogP contribution in [0.2, 0.25) is 0 Å². The second-order valence-electron chi connectivity index (χ2n) is 6.31. The molecule has 2 fully saturated rings.